The summed E-state index contributed by atoms with van der Waals surface area (Å²) in [6, 6.07) is 20.6. The van der Waals surface area contributed by atoms with Crippen molar-refractivity contribution in [1.82, 2.24) is 4.90 Å². The zero-order valence-electron chi connectivity index (χ0n) is 18.3. The molecule has 7 nitrogen and oxygen atoms in total. The maximum atomic E-state index is 14.0. The number of nitrogens with zero attached hydrogens (tertiary/aromatic N) is 3. The van der Waals surface area contributed by atoms with Crippen LogP contribution in [0.1, 0.15) is 28.9 Å². The number of carbonyl (C=O) groups is 1. The van der Waals surface area contributed by atoms with Gasteiger partial charge in [0.2, 0.25) is 0 Å². The summed E-state index contributed by atoms with van der Waals surface area (Å²) in [5.74, 6) is -0.848. The Morgan fingerprint density at radius 3 is 2.33 bits per heavy atom. The third-order valence-corrected chi connectivity index (χ3v) is 5.88. The minimum Gasteiger partial charge on any atom is -0.373 e. The SMILES string of the molecule is CC(Nc1cc(N2CCN(C(=O)c3ccccc3F)CC2)ccc1[N+](=O)[O-])c1ccccc1. The molecule has 0 radical (unpaired) electrons. The van der Waals surface area contributed by atoms with Crippen LogP contribution in [0.2, 0.25) is 0 Å². The molecule has 0 bridgehead atoms. The molecule has 1 atom stereocenters. The number of piperazine rings is 1. The van der Waals surface area contributed by atoms with Crippen LogP contribution >= 0.6 is 0 Å². The monoisotopic (exact) mass is 448 g/mol. The third-order valence-electron chi connectivity index (χ3n) is 5.88. The van der Waals surface area contributed by atoms with Crippen LogP contribution < -0.4 is 10.2 Å². The number of hydrogen-bond acceptors (Lipinski definition) is 5. The fourth-order valence-corrected chi connectivity index (χ4v) is 4.03. The number of nitrogens with one attached hydrogen (secondary N) is 1. The topological polar surface area (TPSA) is 78.7 Å². The summed E-state index contributed by atoms with van der Waals surface area (Å²) in [4.78, 5) is 27.6. The summed E-state index contributed by atoms with van der Waals surface area (Å²) in [6.07, 6.45) is 0. The normalized spacial score (nSPS) is 14.6. The summed E-state index contributed by atoms with van der Waals surface area (Å²) in [7, 11) is 0. The molecule has 170 valence electrons. The van der Waals surface area contributed by atoms with Crippen LogP contribution in [-0.2, 0) is 0 Å². The average Bonchev–Trinajstić information content (AvgIpc) is 2.84. The highest BCUT2D eigenvalue weighted by atomic mass is 19.1. The van der Waals surface area contributed by atoms with Gasteiger partial charge in [0.1, 0.15) is 11.5 Å². The van der Waals surface area contributed by atoms with Crippen molar-refractivity contribution in [3.8, 4) is 0 Å². The van der Waals surface area contributed by atoms with Gasteiger partial charge in [0, 0.05) is 44.0 Å². The second-order valence-corrected chi connectivity index (χ2v) is 7.99. The summed E-state index contributed by atoms with van der Waals surface area (Å²) < 4.78 is 14.0. The lowest BCUT2D eigenvalue weighted by atomic mass is 10.1. The molecule has 1 unspecified atom stereocenters. The minimum absolute atomic E-state index is 0.00916. The molecule has 8 heteroatoms. The van der Waals surface area contributed by atoms with Gasteiger partial charge in [-0.25, -0.2) is 4.39 Å². The molecule has 1 heterocycles. The molecule has 3 aromatic carbocycles. The summed E-state index contributed by atoms with van der Waals surface area (Å²) in [5.41, 5.74) is 2.38. The molecule has 1 fully saturated rings. The number of anilines is 2. The lowest BCUT2D eigenvalue weighted by Gasteiger charge is -2.36. The van der Waals surface area contributed by atoms with Gasteiger partial charge in [-0.05, 0) is 36.8 Å². The van der Waals surface area contributed by atoms with Crippen LogP contribution in [0.3, 0.4) is 0 Å². The van der Waals surface area contributed by atoms with Crippen molar-refractivity contribution in [3.05, 3.63) is 99.9 Å². The Morgan fingerprint density at radius 1 is 1.00 bits per heavy atom. The molecular formula is C25H25FN4O3. The molecular weight excluding hydrogens is 423 g/mol. The Bertz CT molecular complexity index is 1150. The van der Waals surface area contributed by atoms with E-state index in [-0.39, 0.29) is 23.2 Å². The standard InChI is InChI=1S/C25H25FN4O3/c1-18(19-7-3-2-4-8-19)27-23-17-20(11-12-24(23)30(32)33)28-13-15-29(16-14-28)25(31)21-9-5-6-10-22(21)26/h2-12,17-18,27H,13-16H2,1H3. The Labute approximate surface area is 191 Å². The van der Waals surface area contributed by atoms with E-state index in [0.717, 1.165) is 11.3 Å². The van der Waals surface area contributed by atoms with E-state index in [4.69, 9.17) is 0 Å². The minimum atomic E-state index is -0.524. The molecule has 1 amide bonds. The van der Waals surface area contributed by atoms with Gasteiger partial charge in [0.05, 0.1) is 10.5 Å². The predicted molar refractivity (Wildman–Crippen MR) is 126 cm³/mol. The molecule has 4 rings (SSSR count). The largest absolute Gasteiger partial charge is 0.373 e. The number of carbonyl (C=O) groups excluding carboxylic acids is 1. The number of nitro groups is 1. The Morgan fingerprint density at radius 2 is 1.67 bits per heavy atom. The van der Waals surface area contributed by atoms with Crippen molar-refractivity contribution < 1.29 is 14.1 Å². The molecule has 0 aromatic heterocycles. The smallest absolute Gasteiger partial charge is 0.292 e. The number of benzene rings is 3. The number of halogens is 1. The molecule has 33 heavy (non-hydrogen) atoms. The number of rotatable bonds is 6. The van der Waals surface area contributed by atoms with Gasteiger partial charge in [0.25, 0.3) is 11.6 Å². The quantitative estimate of drug-likeness (QED) is 0.430. The Kier molecular flexibility index (Phi) is 6.53. The van der Waals surface area contributed by atoms with Crippen LogP contribution in [0.25, 0.3) is 0 Å². The molecule has 1 aliphatic heterocycles. The van der Waals surface area contributed by atoms with Gasteiger partial charge < -0.3 is 15.1 Å². The van der Waals surface area contributed by atoms with Crippen LogP contribution in [0.4, 0.5) is 21.5 Å². The van der Waals surface area contributed by atoms with E-state index in [1.807, 2.05) is 37.3 Å². The lowest BCUT2D eigenvalue weighted by molar-refractivity contribution is -0.384. The molecule has 3 aromatic rings. The van der Waals surface area contributed by atoms with E-state index in [0.29, 0.717) is 31.9 Å². The van der Waals surface area contributed by atoms with Gasteiger partial charge in [-0.2, -0.15) is 0 Å². The van der Waals surface area contributed by atoms with Crippen molar-refractivity contribution in [2.45, 2.75) is 13.0 Å². The molecule has 1 N–H and O–H groups in total. The average molecular weight is 448 g/mol. The third kappa shape index (κ3) is 4.95. The predicted octanol–water partition coefficient (Wildman–Crippen LogP) is 4.87. The Hall–Kier alpha value is -3.94. The molecule has 1 saturated heterocycles. The van der Waals surface area contributed by atoms with E-state index in [1.54, 1.807) is 29.2 Å². The van der Waals surface area contributed by atoms with Crippen LogP contribution in [0, 0.1) is 15.9 Å². The molecule has 0 saturated carbocycles. The first kappa shape index (κ1) is 22.3. The zero-order chi connectivity index (χ0) is 23.4. The Balaban J connectivity index is 1.48. The van der Waals surface area contributed by atoms with Crippen molar-refractivity contribution in [2.75, 3.05) is 36.4 Å². The van der Waals surface area contributed by atoms with Gasteiger partial charge >= 0.3 is 0 Å². The molecule has 0 spiro atoms. The molecule has 1 aliphatic rings. The summed E-state index contributed by atoms with van der Waals surface area (Å²) in [5, 5.41) is 14.9. The van der Waals surface area contributed by atoms with Crippen LogP contribution in [0.15, 0.2) is 72.8 Å². The van der Waals surface area contributed by atoms with E-state index >= 15 is 0 Å². The van der Waals surface area contributed by atoms with Crippen molar-refractivity contribution in [2.24, 2.45) is 0 Å². The van der Waals surface area contributed by atoms with Gasteiger partial charge in [-0.3, -0.25) is 14.9 Å². The van der Waals surface area contributed by atoms with Crippen LogP contribution in [-0.4, -0.2) is 41.9 Å². The fourth-order valence-electron chi connectivity index (χ4n) is 4.03. The highest BCUT2D eigenvalue weighted by Crippen LogP contribution is 2.33. The zero-order valence-corrected chi connectivity index (χ0v) is 18.3. The molecule has 0 aliphatic carbocycles. The van der Waals surface area contributed by atoms with Crippen molar-refractivity contribution in [3.63, 3.8) is 0 Å². The van der Waals surface area contributed by atoms with E-state index in [2.05, 4.69) is 10.2 Å². The van der Waals surface area contributed by atoms with Gasteiger partial charge in [-0.15, -0.1) is 0 Å². The maximum absolute atomic E-state index is 14.0. The summed E-state index contributed by atoms with van der Waals surface area (Å²) >= 11 is 0. The second-order valence-electron chi connectivity index (χ2n) is 7.99. The highest BCUT2D eigenvalue weighted by Gasteiger charge is 2.25. The first-order valence-corrected chi connectivity index (χ1v) is 10.8. The van der Waals surface area contributed by atoms with Crippen LogP contribution in [0.5, 0.6) is 0 Å². The second kappa shape index (κ2) is 9.68. The van der Waals surface area contributed by atoms with E-state index in [1.165, 1.54) is 18.2 Å². The first-order valence-electron chi connectivity index (χ1n) is 10.8. The van der Waals surface area contributed by atoms with E-state index < -0.39 is 10.7 Å². The van der Waals surface area contributed by atoms with Gasteiger partial charge in [-0.1, -0.05) is 42.5 Å². The first-order chi connectivity index (χ1) is 15.9. The maximum Gasteiger partial charge on any atom is 0.292 e. The van der Waals surface area contributed by atoms with Crippen molar-refractivity contribution >= 4 is 23.0 Å². The number of hydrogen-bond donors (Lipinski definition) is 1. The lowest BCUT2D eigenvalue weighted by Crippen LogP contribution is -2.49. The van der Waals surface area contributed by atoms with Crippen molar-refractivity contribution in [1.29, 1.82) is 0 Å². The number of nitro benzene ring substituents is 1. The summed E-state index contributed by atoms with van der Waals surface area (Å²) in [6.45, 7) is 3.93. The van der Waals surface area contributed by atoms with E-state index in [9.17, 15) is 19.3 Å². The highest BCUT2D eigenvalue weighted by molar-refractivity contribution is 5.94. The number of amides is 1. The fraction of sp³-hybridized carbons (Fsp3) is 0.240. The van der Waals surface area contributed by atoms with Gasteiger partial charge in [0.15, 0.2) is 0 Å².